The third-order valence-corrected chi connectivity index (χ3v) is 5.08. The molecule has 0 aliphatic carbocycles. The predicted octanol–water partition coefficient (Wildman–Crippen LogP) is 5.31. The molecule has 23 heavy (non-hydrogen) atoms. The van der Waals surface area contributed by atoms with Gasteiger partial charge in [-0.15, -0.1) is 0 Å². The second kappa shape index (κ2) is 10.7. The van der Waals surface area contributed by atoms with E-state index in [-0.39, 0.29) is 10.6 Å². The van der Waals surface area contributed by atoms with Crippen molar-refractivity contribution < 1.29 is 13.0 Å². The van der Waals surface area contributed by atoms with Gasteiger partial charge in [-0.2, -0.15) is 8.42 Å². The Morgan fingerprint density at radius 3 is 1.96 bits per heavy atom. The van der Waals surface area contributed by atoms with Gasteiger partial charge < -0.3 is 5.73 Å². The highest BCUT2D eigenvalue weighted by atomic mass is 32.2. The normalized spacial score (nSPS) is 11.7. The zero-order valence-electron chi connectivity index (χ0n) is 14.2. The van der Waals surface area contributed by atoms with E-state index in [0.717, 1.165) is 12.8 Å². The zero-order valence-corrected chi connectivity index (χ0v) is 15.0. The van der Waals surface area contributed by atoms with Gasteiger partial charge in [-0.25, -0.2) is 0 Å². The monoisotopic (exact) mass is 340 g/mol. The summed E-state index contributed by atoms with van der Waals surface area (Å²) in [6, 6.07) is 4.43. The summed E-state index contributed by atoms with van der Waals surface area (Å²) in [5, 5.41) is 0. The van der Waals surface area contributed by atoms with Crippen molar-refractivity contribution in [3.05, 3.63) is 23.8 Å². The first kappa shape index (κ1) is 20.0. The maximum atomic E-state index is 11.4. The molecule has 1 aromatic rings. The van der Waals surface area contributed by atoms with Crippen molar-refractivity contribution in [3.63, 3.8) is 0 Å². The van der Waals surface area contributed by atoms with Crippen LogP contribution in [-0.4, -0.2) is 13.0 Å². The molecule has 2 N–H and O–H groups in total. The molecule has 1 aromatic carbocycles. The molecular weight excluding hydrogens is 310 g/mol. The first-order valence-electron chi connectivity index (χ1n) is 8.77. The smallest absolute Gasteiger partial charge is 0.294 e. The third kappa shape index (κ3) is 8.37. The molecule has 4 nitrogen and oxygen atoms in total. The quantitative estimate of drug-likeness (QED) is 0.413. The van der Waals surface area contributed by atoms with Crippen LogP contribution in [0.5, 0.6) is 0 Å². The van der Waals surface area contributed by atoms with Crippen molar-refractivity contribution in [2.45, 2.75) is 82.4 Å². The molecule has 1 radical (unpaired) electrons. The van der Waals surface area contributed by atoms with E-state index in [2.05, 4.69) is 6.92 Å². The van der Waals surface area contributed by atoms with Crippen LogP contribution in [0.3, 0.4) is 0 Å². The van der Waals surface area contributed by atoms with Crippen molar-refractivity contribution in [2.75, 3.05) is 0 Å². The molecule has 0 aromatic heterocycles. The molecule has 0 saturated carbocycles. The summed E-state index contributed by atoms with van der Waals surface area (Å²) in [6.45, 7) is 2.23. The lowest BCUT2D eigenvalue weighted by Gasteiger charge is -2.08. The second-order valence-corrected chi connectivity index (χ2v) is 7.62. The Labute approximate surface area is 141 Å². The molecule has 0 unspecified atom stereocenters. The van der Waals surface area contributed by atoms with Crippen LogP contribution in [0.2, 0.25) is 0 Å². The fourth-order valence-electron chi connectivity index (χ4n) is 2.80. The number of unbranched alkanes of at least 4 members (excludes halogenated alkanes) is 9. The van der Waals surface area contributed by atoms with Gasteiger partial charge in [0.2, 0.25) is 0 Å². The Morgan fingerprint density at radius 2 is 1.43 bits per heavy atom. The minimum atomic E-state index is -4.24. The van der Waals surface area contributed by atoms with E-state index in [1.54, 1.807) is 12.1 Å². The van der Waals surface area contributed by atoms with Crippen LogP contribution in [0.1, 0.15) is 76.7 Å². The van der Waals surface area contributed by atoms with Crippen molar-refractivity contribution in [2.24, 2.45) is 0 Å². The predicted molar refractivity (Wildman–Crippen MR) is 94.6 cm³/mol. The molecule has 0 atom stereocenters. The van der Waals surface area contributed by atoms with Gasteiger partial charge >= 0.3 is 0 Å². The summed E-state index contributed by atoms with van der Waals surface area (Å²) in [4.78, 5) is -0.110. The lowest BCUT2D eigenvalue weighted by Crippen LogP contribution is -2.03. The Bertz CT molecular complexity index is 555. The first-order valence-corrected chi connectivity index (χ1v) is 10.2. The van der Waals surface area contributed by atoms with E-state index in [9.17, 15) is 13.0 Å². The molecule has 5 heteroatoms. The Morgan fingerprint density at radius 1 is 0.913 bits per heavy atom. The molecule has 0 aliphatic heterocycles. The molecule has 0 aliphatic rings. The van der Waals surface area contributed by atoms with Crippen LogP contribution >= 0.6 is 0 Å². The van der Waals surface area contributed by atoms with E-state index < -0.39 is 10.1 Å². The van der Waals surface area contributed by atoms with Gasteiger partial charge in [0.1, 0.15) is 0 Å². The standard InChI is InChI=1S/C18H30NO3S/c1-2-3-4-5-6-7-8-9-10-11-12-16-13-14-17(19)15-18(16)23(20,21)22/h13-15,19H,2-12H2,1H3,(H,20,21,22). The number of aryl methyl sites for hydroxylation is 1. The van der Waals surface area contributed by atoms with E-state index >= 15 is 0 Å². The Kier molecular flexibility index (Phi) is 9.26. The van der Waals surface area contributed by atoms with Gasteiger partial charge in [-0.05, 0) is 30.5 Å². The molecular formula is C18H30NO3S. The molecule has 0 saturated heterocycles. The summed E-state index contributed by atoms with van der Waals surface area (Å²) in [5.41, 5.74) is 8.20. The average Bonchev–Trinajstić information content (AvgIpc) is 2.49. The van der Waals surface area contributed by atoms with Gasteiger partial charge in [0.25, 0.3) is 10.1 Å². The Balaban J connectivity index is 2.24. The largest absolute Gasteiger partial charge is 0.301 e. The van der Waals surface area contributed by atoms with Crippen LogP contribution in [0.25, 0.3) is 0 Å². The van der Waals surface area contributed by atoms with Crippen molar-refractivity contribution in [1.29, 1.82) is 0 Å². The second-order valence-electron chi connectivity index (χ2n) is 6.23. The number of rotatable bonds is 12. The highest BCUT2D eigenvalue weighted by molar-refractivity contribution is 7.85. The topological polar surface area (TPSA) is 78.2 Å². The highest BCUT2D eigenvalue weighted by Gasteiger charge is 2.15. The highest BCUT2D eigenvalue weighted by Crippen LogP contribution is 2.22. The Hall–Kier alpha value is -1.07. The summed E-state index contributed by atoms with van der Waals surface area (Å²) in [5.74, 6) is 0. The van der Waals surface area contributed by atoms with E-state index in [4.69, 9.17) is 5.73 Å². The van der Waals surface area contributed by atoms with E-state index in [0.29, 0.717) is 12.0 Å². The molecule has 0 amide bonds. The van der Waals surface area contributed by atoms with Gasteiger partial charge in [0.15, 0.2) is 0 Å². The van der Waals surface area contributed by atoms with Gasteiger partial charge in [0, 0.05) is 0 Å². The van der Waals surface area contributed by atoms with Crippen LogP contribution in [0.15, 0.2) is 23.1 Å². The maximum Gasteiger partial charge on any atom is 0.294 e. The summed E-state index contributed by atoms with van der Waals surface area (Å²) in [6.07, 6.45) is 12.9. The van der Waals surface area contributed by atoms with Crippen molar-refractivity contribution in [3.8, 4) is 0 Å². The van der Waals surface area contributed by atoms with Gasteiger partial charge in [0.05, 0.1) is 10.6 Å². The van der Waals surface area contributed by atoms with Gasteiger partial charge in [-0.1, -0.05) is 70.8 Å². The summed E-state index contributed by atoms with van der Waals surface area (Å²) in [7, 11) is -4.24. The third-order valence-electron chi connectivity index (χ3n) is 4.14. The fourth-order valence-corrected chi connectivity index (χ4v) is 3.58. The van der Waals surface area contributed by atoms with E-state index in [1.165, 1.54) is 57.4 Å². The van der Waals surface area contributed by atoms with Crippen LogP contribution in [-0.2, 0) is 16.5 Å². The molecule has 0 heterocycles. The zero-order chi connectivity index (χ0) is 17.1. The lowest BCUT2D eigenvalue weighted by molar-refractivity contribution is 0.481. The molecule has 131 valence electrons. The fraction of sp³-hybridized carbons (Fsp3) is 0.667. The lowest BCUT2D eigenvalue weighted by atomic mass is 10.0. The minimum absolute atomic E-state index is 0.101. The molecule has 1 rings (SSSR count). The van der Waals surface area contributed by atoms with Crippen LogP contribution in [0.4, 0.5) is 5.69 Å². The number of hydrogen-bond acceptors (Lipinski definition) is 2. The summed E-state index contributed by atoms with van der Waals surface area (Å²) >= 11 is 0. The van der Waals surface area contributed by atoms with Crippen molar-refractivity contribution >= 4 is 15.8 Å². The maximum absolute atomic E-state index is 11.4. The first-order chi connectivity index (χ1) is 10.9. The van der Waals surface area contributed by atoms with E-state index in [1.807, 2.05) is 0 Å². The van der Waals surface area contributed by atoms with Crippen molar-refractivity contribution in [1.82, 2.24) is 5.73 Å². The van der Waals surface area contributed by atoms with Gasteiger partial charge in [-0.3, -0.25) is 4.55 Å². The molecule has 0 fully saturated rings. The molecule has 0 spiro atoms. The number of nitrogens with one attached hydrogen (secondary N) is 1. The minimum Gasteiger partial charge on any atom is -0.301 e. The van der Waals surface area contributed by atoms with Crippen LogP contribution in [0, 0.1) is 0 Å². The molecule has 0 bridgehead atoms. The number of benzene rings is 1. The average molecular weight is 341 g/mol. The number of hydrogen-bond donors (Lipinski definition) is 1. The SMILES string of the molecule is CCCCCCCCCCCCc1ccc([NH])cc1S(=O)(=O)O. The van der Waals surface area contributed by atoms with Crippen LogP contribution < -0.4 is 5.73 Å². The summed E-state index contributed by atoms with van der Waals surface area (Å²) < 4.78 is 32.0.